The number of carboxylic acids is 1. The van der Waals surface area contributed by atoms with Gasteiger partial charge in [-0.1, -0.05) is 18.2 Å². The zero-order valence-electron chi connectivity index (χ0n) is 7.49. The Hall–Kier alpha value is -1.87. The Morgan fingerprint density at radius 1 is 1.33 bits per heavy atom. The summed E-state index contributed by atoms with van der Waals surface area (Å²) >= 11 is 0. The summed E-state index contributed by atoms with van der Waals surface area (Å²) in [6.45, 7) is 0. The molecular weight excluding hydrogens is 218 g/mol. The van der Waals surface area contributed by atoms with Crippen molar-refractivity contribution in [2.24, 2.45) is 0 Å². The summed E-state index contributed by atoms with van der Waals surface area (Å²) in [5.74, 6) is -1.67. The Kier molecular flexibility index (Phi) is 3.07. The maximum absolute atomic E-state index is 11.6. The van der Waals surface area contributed by atoms with E-state index in [1.165, 1.54) is 30.3 Å². The zero-order chi connectivity index (χ0) is 11.5. The molecule has 1 N–H and O–H groups in total. The number of benzene rings is 1. The predicted octanol–water partition coefficient (Wildman–Crippen LogP) is 0.437. The number of sulfone groups is 1. The van der Waals surface area contributed by atoms with Crippen LogP contribution in [0.1, 0.15) is 0 Å². The van der Waals surface area contributed by atoms with Crippen LogP contribution in [0.15, 0.2) is 35.2 Å². The number of hydrogen-bond donors (Lipinski definition) is 1. The molecule has 0 aliphatic carbocycles. The van der Waals surface area contributed by atoms with E-state index in [2.05, 4.69) is 0 Å². The van der Waals surface area contributed by atoms with Gasteiger partial charge in [0.2, 0.25) is 15.1 Å². The first-order valence-electron chi connectivity index (χ1n) is 3.91. The molecule has 0 aromatic heterocycles. The van der Waals surface area contributed by atoms with Gasteiger partial charge in [-0.2, -0.15) is 5.26 Å². The fourth-order valence-corrected chi connectivity index (χ4v) is 2.22. The summed E-state index contributed by atoms with van der Waals surface area (Å²) in [6.07, 6.45) is 0. The Labute approximate surface area is 86.5 Å². The van der Waals surface area contributed by atoms with E-state index in [-0.39, 0.29) is 4.90 Å². The van der Waals surface area contributed by atoms with Crippen molar-refractivity contribution in [3.63, 3.8) is 0 Å². The molecule has 0 radical (unpaired) electrons. The van der Waals surface area contributed by atoms with Crippen molar-refractivity contribution in [1.82, 2.24) is 0 Å². The molecule has 1 atom stereocenters. The van der Waals surface area contributed by atoms with Gasteiger partial charge in [0, 0.05) is 0 Å². The molecule has 0 saturated heterocycles. The molecule has 1 aromatic rings. The van der Waals surface area contributed by atoms with Gasteiger partial charge in [0.15, 0.2) is 0 Å². The lowest BCUT2D eigenvalue weighted by atomic mass is 10.4. The summed E-state index contributed by atoms with van der Waals surface area (Å²) in [5.41, 5.74) is 0. The normalized spacial score (nSPS) is 12.7. The third kappa shape index (κ3) is 2.14. The minimum atomic E-state index is -4.11. The van der Waals surface area contributed by atoms with E-state index in [1.54, 1.807) is 6.07 Å². The van der Waals surface area contributed by atoms with Crippen molar-refractivity contribution in [2.75, 3.05) is 0 Å². The number of carboxylic acid groups (broad SMARTS) is 1. The SMILES string of the molecule is N#CC(C(=O)O)S(=O)(=O)c1ccccc1. The van der Waals surface area contributed by atoms with Crippen LogP contribution in [-0.2, 0) is 14.6 Å². The minimum absolute atomic E-state index is 0.168. The minimum Gasteiger partial charge on any atom is -0.479 e. The van der Waals surface area contributed by atoms with E-state index in [0.29, 0.717) is 0 Å². The van der Waals surface area contributed by atoms with E-state index >= 15 is 0 Å². The van der Waals surface area contributed by atoms with Crippen molar-refractivity contribution < 1.29 is 18.3 Å². The molecule has 0 spiro atoms. The lowest BCUT2D eigenvalue weighted by Crippen LogP contribution is -2.28. The first-order valence-corrected chi connectivity index (χ1v) is 5.46. The highest BCUT2D eigenvalue weighted by atomic mass is 32.2. The predicted molar refractivity (Wildman–Crippen MR) is 50.7 cm³/mol. The molecular formula is C9H7NO4S. The second-order valence-corrected chi connectivity index (χ2v) is 4.74. The fraction of sp³-hybridized carbons (Fsp3) is 0.111. The molecule has 15 heavy (non-hydrogen) atoms. The first kappa shape index (κ1) is 11.2. The number of hydrogen-bond acceptors (Lipinski definition) is 4. The highest BCUT2D eigenvalue weighted by Crippen LogP contribution is 2.15. The maximum Gasteiger partial charge on any atom is 0.337 e. The topological polar surface area (TPSA) is 95.2 Å². The summed E-state index contributed by atoms with van der Waals surface area (Å²) in [4.78, 5) is 10.4. The maximum atomic E-state index is 11.6. The highest BCUT2D eigenvalue weighted by Gasteiger charge is 2.33. The first-order chi connectivity index (χ1) is 7.00. The van der Waals surface area contributed by atoms with Gasteiger partial charge < -0.3 is 5.11 Å². The van der Waals surface area contributed by atoms with Crippen molar-refractivity contribution in [3.05, 3.63) is 30.3 Å². The van der Waals surface area contributed by atoms with Crippen LogP contribution in [-0.4, -0.2) is 24.7 Å². The van der Waals surface area contributed by atoms with Crippen LogP contribution in [0.5, 0.6) is 0 Å². The third-order valence-electron chi connectivity index (χ3n) is 1.72. The highest BCUT2D eigenvalue weighted by molar-refractivity contribution is 7.93. The van der Waals surface area contributed by atoms with E-state index in [1.807, 2.05) is 0 Å². The van der Waals surface area contributed by atoms with Gasteiger partial charge in [0.1, 0.15) is 0 Å². The summed E-state index contributed by atoms with van der Waals surface area (Å²) < 4.78 is 23.2. The van der Waals surface area contributed by atoms with Gasteiger partial charge in [0.05, 0.1) is 11.0 Å². The second kappa shape index (κ2) is 4.11. The van der Waals surface area contributed by atoms with Crippen molar-refractivity contribution in [1.29, 1.82) is 5.26 Å². The smallest absolute Gasteiger partial charge is 0.337 e. The average molecular weight is 225 g/mol. The Bertz CT molecular complexity index is 501. The molecule has 0 aliphatic rings. The lowest BCUT2D eigenvalue weighted by Gasteiger charge is -2.05. The van der Waals surface area contributed by atoms with Gasteiger partial charge in [-0.3, -0.25) is 0 Å². The monoisotopic (exact) mass is 225 g/mol. The number of rotatable bonds is 3. The van der Waals surface area contributed by atoms with Gasteiger partial charge >= 0.3 is 5.97 Å². The van der Waals surface area contributed by atoms with E-state index in [9.17, 15) is 13.2 Å². The molecule has 6 heteroatoms. The van der Waals surface area contributed by atoms with E-state index in [4.69, 9.17) is 10.4 Å². The Morgan fingerprint density at radius 3 is 2.27 bits per heavy atom. The van der Waals surface area contributed by atoms with E-state index in [0.717, 1.165) is 0 Å². The summed E-state index contributed by atoms with van der Waals surface area (Å²) in [5, 5.41) is 15.0. The number of carbonyl (C=O) groups is 1. The van der Waals surface area contributed by atoms with Crippen LogP contribution in [0.3, 0.4) is 0 Å². The van der Waals surface area contributed by atoms with Gasteiger partial charge in [-0.15, -0.1) is 0 Å². The number of nitriles is 1. The molecule has 1 aromatic carbocycles. The van der Waals surface area contributed by atoms with Gasteiger partial charge in [-0.25, -0.2) is 13.2 Å². The Morgan fingerprint density at radius 2 is 1.87 bits per heavy atom. The van der Waals surface area contributed by atoms with Gasteiger partial charge in [-0.05, 0) is 12.1 Å². The second-order valence-electron chi connectivity index (χ2n) is 2.71. The van der Waals surface area contributed by atoms with Crippen LogP contribution in [0.25, 0.3) is 0 Å². The van der Waals surface area contributed by atoms with Crippen LogP contribution in [0, 0.1) is 11.3 Å². The van der Waals surface area contributed by atoms with Crippen LogP contribution < -0.4 is 0 Å². The van der Waals surface area contributed by atoms with E-state index < -0.39 is 21.1 Å². The number of nitrogens with zero attached hydrogens (tertiary/aromatic N) is 1. The lowest BCUT2D eigenvalue weighted by molar-refractivity contribution is -0.135. The molecule has 5 nitrogen and oxygen atoms in total. The number of aliphatic carboxylic acids is 1. The van der Waals surface area contributed by atoms with Crippen LogP contribution in [0.4, 0.5) is 0 Å². The van der Waals surface area contributed by atoms with Gasteiger partial charge in [0.25, 0.3) is 0 Å². The molecule has 0 aliphatic heterocycles. The quantitative estimate of drug-likeness (QED) is 0.805. The molecule has 1 rings (SSSR count). The van der Waals surface area contributed by atoms with Crippen molar-refractivity contribution in [2.45, 2.75) is 10.1 Å². The molecule has 78 valence electrons. The Balaban J connectivity index is 3.26. The molecule has 0 amide bonds. The standard InChI is InChI=1S/C9H7NO4S/c10-6-8(9(11)12)15(13,14)7-4-2-1-3-5-7/h1-5,8H,(H,11,12). The van der Waals surface area contributed by atoms with Crippen LogP contribution >= 0.6 is 0 Å². The zero-order valence-corrected chi connectivity index (χ0v) is 8.31. The average Bonchev–Trinajstić information content (AvgIpc) is 2.19. The van der Waals surface area contributed by atoms with Crippen molar-refractivity contribution >= 4 is 15.8 Å². The summed E-state index contributed by atoms with van der Waals surface area (Å²) in [6, 6.07) is 8.28. The third-order valence-corrected chi connectivity index (χ3v) is 3.58. The summed E-state index contributed by atoms with van der Waals surface area (Å²) in [7, 11) is -4.11. The molecule has 1 unspecified atom stereocenters. The fourth-order valence-electron chi connectivity index (χ4n) is 1.00. The van der Waals surface area contributed by atoms with Crippen LogP contribution in [0.2, 0.25) is 0 Å². The largest absolute Gasteiger partial charge is 0.479 e. The molecule has 0 fully saturated rings. The molecule has 0 bridgehead atoms. The molecule has 0 heterocycles. The molecule has 0 saturated carbocycles. The van der Waals surface area contributed by atoms with Crippen molar-refractivity contribution in [3.8, 4) is 6.07 Å².